The maximum absolute atomic E-state index is 12.7. The Balaban J connectivity index is 1.42. The van der Waals surface area contributed by atoms with Crippen LogP contribution in [0, 0.1) is 0 Å². The average Bonchev–Trinajstić information content (AvgIpc) is 3.06. The number of fused-ring (bicyclic) bond motifs is 3. The minimum atomic E-state index is -0.790. The Morgan fingerprint density at radius 3 is 2.17 bits per heavy atom. The van der Waals surface area contributed by atoms with Crippen molar-refractivity contribution in [3.63, 3.8) is 0 Å². The third-order valence-corrected chi connectivity index (χ3v) is 6.57. The second kappa shape index (κ2) is 8.90. The van der Waals surface area contributed by atoms with E-state index in [1.165, 1.54) is 22.3 Å². The number of carboxylic acids is 1. The number of carbonyl (C=O) groups excluding carboxylic acids is 1. The first-order valence-corrected chi connectivity index (χ1v) is 10.9. The predicted octanol–water partition coefficient (Wildman–Crippen LogP) is 5.48. The lowest BCUT2D eigenvalue weighted by atomic mass is 9.78. The van der Waals surface area contributed by atoms with Crippen molar-refractivity contribution in [2.24, 2.45) is 0 Å². The van der Waals surface area contributed by atoms with Crippen LogP contribution < -0.4 is 5.32 Å². The zero-order valence-electron chi connectivity index (χ0n) is 17.2. The Hall–Kier alpha value is -2.82. The van der Waals surface area contributed by atoms with Gasteiger partial charge < -0.3 is 15.2 Å². The standard InChI is InChI=1S/C25H29NO4/c27-23(28)13-8-16-25(14-6-1-7-15-25)26-24(29)30-17-22-20-11-4-2-9-18(20)19-10-3-5-12-21(19)22/h2-5,9-12,22H,1,6-8,13-17H2,(H,26,29)(H,27,28). The molecular formula is C25H29NO4. The third-order valence-electron chi connectivity index (χ3n) is 6.57. The van der Waals surface area contributed by atoms with Gasteiger partial charge in [-0.3, -0.25) is 4.79 Å². The summed E-state index contributed by atoms with van der Waals surface area (Å²) in [5, 5.41) is 12.1. The molecule has 2 aliphatic carbocycles. The third kappa shape index (κ3) is 4.35. The molecule has 1 saturated carbocycles. The molecule has 0 atom stereocenters. The molecule has 1 fully saturated rings. The maximum Gasteiger partial charge on any atom is 0.407 e. The fraction of sp³-hybridized carbons (Fsp3) is 0.440. The van der Waals surface area contributed by atoms with Crippen LogP contribution in [0.5, 0.6) is 0 Å². The van der Waals surface area contributed by atoms with Gasteiger partial charge in [0.25, 0.3) is 0 Å². The number of nitrogens with one attached hydrogen (secondary N) is 1. The summed E-state index contributed by atoms with van der Waals surface area (Å²) in [5.74, 6) is -0.750. The van der Waals surface area contributed by atoms with Gasteiger partial charge in [0.05, 0.1) is 0 Å². The van der Waals surface area contributed by atoms with Crippen molar-refractivity contribution in [2.75, 3.05) is 6.61 Å². The Bertz CT molecular complexity index is 871. The molecule has 5 heteroatoms. The van der Waals surface area contributed by atoms with Crippen molar-refractivity contribution < 1.29 is 19.4 Å². The number of amides is 1. The summed E-state index contributed by atoms with van der Waals surface area (Å²) in [4.78, 5) is 23.7. The summed E-state index contributed by atoms with van der Waals surface area (Å²) in [6, 6.07) is 16.6. The van der Waals surface area contributed by atoms with Crippen molar-refractivity contribution in [2.45, 2.75) is 62.8 Å². The Kier molecular flexibility index (Phi) is 6.07. The van der Waals surface area contributed by atoms with Crippen LogP contribution in [0.15, 0.2) is 48.5 Å². The van der Waals surface area contributed by atoms with E-state index in [-0.39, 0.29) is 17.9 Å². The molecule has 5 nitrogen and oxygen atoms in total. The van der Waals surface area contributed by atoms with E-state index < -0.39 is 12.1 Å². The molecule has 158 valence electrons. The molecule has 0 bridgehead atoms. The molecule has 30 heavy (non-hydrogen) atoms. The van der Waals surface area contributed by atoms with Crippen molar-refractivity contribution in [3.8, 4) is 11.1 Å². The number of ether oxygens (including phenoxy) is 1. The first-order chi connectivity index (χ1) is 14.6. The topological polar surface area (TPSA) is 75.6 Å². The van der Waals surface area contributed by atoms with Crippen LogP contribution in [0.4, 0.5) is 4.79 Å². The van der Waals surface area contributed by atoms with Gasteiger partial charge in [-0.2, -0.15) is 0 Å². The molecule has 0 heterocycles. The van der Waals surface area contributed by atoms with Crippen molar-refractivity contribution in [1.29, 1.82) is 0 Å². The molecule has 2 aliphatic rings. The van der Waals surface area contributed by atoms with Gasteiger partial charge in [0, 0.05) is 17.9 Å². The second-order valence-electron chi connectivity index (χ2n) is 8.54. The van der Waals surface area contributed by atoms with Crippen LogP contribution in [-0.4, -0.2) is 29.3 Å². The molecule has 0 radical (unpaired) electrons. The fourth-order valence-electron chi connectivity index (χ4n) is 5.10. The van der Waals surface area contributed by atoms with Gasteiger partial charge in [-0.05, 0) is 47.9 Å². The summed E-state index contributed by atoms with van der Waals surface area (Å²) in [6.45, 7) is 0.297. The summed E-state index contributed by atoms with van der Waals surface area (Å²) in [6.07, 6.45) is 6.03. The molecule has 0 unspecified atom stereocenters. The zero-order chi connectivity index (χ0) is 21.0. The maximum atomic E-state index is 12.7. The summed E-state index contributed by atoms with van der Waals surface area (Å²) in [7, 11) is 0. The largest absolute Gasteiger partial charge is 0.481 e. The first kappa shape index (κ1) is 20.5. The van der Waals surface area contributed by atoms with E-state index in [1.54, 1.807) is 0 Å². The highest BCUT2D eigenvalue weighted by Gasteiger charge is 2.35. The number of rotatable bonds is 7. The van der Waals surface area contributed by atoms with Crippen molar-refractivity contribution in [3.05, 3.63) is 59.7 Å². The number of hydrogen-bond acceptors (Lipinski definition) is 3. The van der Waals surface area contributed by atoms with Gasteiger partial charge >= 0.3 is 12.1 Å². The molecule has 2 N–H and O–H groups in total. The zero-order valence-corrected chi connectivity index (χ0v) is 17.2. The minimum Gasteiger partial charge on any atom is -0.481 e. The highest BCUT2D eigenvalue weighted by Crippen LogP contribution is 2.44. The number of benzene rings is 2. The normalized spacial score (nSPS) is 17.1. The van der Waals surface area contributed by atoms with E-state index in [2.05, 4.69) is 29.6 Å². The Morgan fingerprint density at radius 1 is 0.967 bits per heavy atom. The van der Waals surface area contributed by atoms with Crippen LogP contribution in [0.3, 0.4) is 0 Å². The fourth-order valence-corrected chi connectivity index (χ4v) is 5.10. The van der Waals surface area contributed by atoms with E-state index in [1.807, 2.05) is 24.3 Å². The number of alkyl carbamates (subject to hydrolysis) is 1. The van der Waals surface area contributed by atoms with Gasteiger partial charge in [-0.15, -0.1) is 0 Å². The van der Waals surface area contributed by atoms with E-state index in [0.717, 1.165) is 32.1 Å². The van der Waals surface area contributed by atoms with Crippen LogP contribution in [0.25, 0.3) is 11.1 Å². The van der Waals surface area contributed by atoms with Crippen LogP contribution in [0.2, 0.25) is 0 Å². The van der Waals surface area contributed by atoms with Crippen LogP contribution in [-0.2, 0) is 9.53 Å². The molecule has 0 aromatic heterocycles. The van der Waals surface area contributed by atoms with Gasteiger partial charge in [-0.25, -0.2) is 4.79 Å². The van der Waals surface area contributed by atoms with Crippen molar-refractivity contribution in [1.82, 2.24) is 5.32 Å². The summed E-state index contributed by atoms with van der Waals surface area (Å²) >= 11 is 0. The molecule has 0 saturated heterocycles. The Morgan fingerprint density at radius 2 is 1.57 bits per heavy atom. The molecule has 0 spiro atoms. The first-order valence-electron chi connectivity index (χ1n) is 10.9. The summed E-state index contributed by atoms with van der Waals surface area (Å²) < 4.78 is 5.73. The molecule has 2 aromatic carbocycles. The lowest BCUT2D eigenvalue weighted by molar-refractivity contribution is -0.137. The SMILES string of the molecule is O=C(O)CCCC1(NC(=O)OCC2c3ccccc3-c3ccccc32)CCCCC1. The molecule has 4 rings (SSSR count). The molecule has 2 aromatic rings. The quantitative estimate of drug-likeness (QED) is 0.637. The van der Waals surface area contributed by atoms with Crippen LogP contribution >= 0.6 is 0 Å². The number of aliphatic carboxylic acids is 1. The monoisotopic (exact) mass is 407 g/mol. The van der Waals surface area contributed by atoms with Gasteiger partial charge in [0.15, 0.2) is 0 Å². The van der Waals surface area contributed by atoms with E-state index in [4.69, 9.17) is 9.84 Å². The Labute approximate surface area is 177 Å². The average molecular weight is 408 g/mol. The number of carboxylic acid groups (broad SMARTS) is 1. The number of carbonyl (C=O) groups is 2. The molecule has 1 amide bonds. The second-order valence-corrected chi connectivity index (χ2v) is 8.54. The number of hydrogen-bond donors (Lipinski definition) is 2. The van der Waals surface area contributed by atoms with Gasteiger partial charge in [0.1, 0.15) is 6.61 Å². The van der Waals surface area contributed by atoms with Gasteiger partial charge in [-0.1, -0.05) is 67.8 Å². The molecular weight excluding hydrogens is 378 g/mol. The van der Waals surface area contributed by atoms with Crippen molar-refractivity contribution >= 4 is 12.1 Å². The van der Waals surface area contributed by atoms with Crippen LogP contribution in [0.1, 0.15) is 68.4 Å². The van der Waals surface area contributed by atoms with E-state index >= 15 is 0 Å². The lowest BCUT2D eigenvalue weighted by Crippen LogP contribution is -2.50. The van der Waals surface area contributed by atoms with Gasteiger partial charge in [0.2, 0.25) is 0 Å². The highest BCUT2D eigenvalue weighted by atomic mass is 16.5. The highest BCUT2D eigenvalue weighted by molar-refractivity contribution is 5.79. The van der Waals surface area contributed by atoms with E-state index in [0.29, 0.717) is 19.4 Å². The smallest absolute Gasteiger partial charge is 0.407 e. The minimum absolute atomic E-state index is 0.0393. The lowest BCUT2D eigenvalue weighted by Gasteiger charge is -2.38. The van der Waals surface area contributed by atoms with E-state index in [9.17, 15) is 9.59 Å². The summed E-state index contributed by atoms with van der Waals surface area (Å²) in [5.41, 5.74) is 4.47. The predicted molar refractivity (Wildman–Crippen MR) is 116 cm³/mol. The molecule has 0 aliphatic heterocycles.